The first-order valence-corrected chi connectivity index (χ1v) is 6.43. The SMILES string of the molecule is Cc1ncc(CCl)c(Oc2cc(F)cc(Br)c2)n1. The number of aromatic nitrogens is 2. The highest BCUT2D eigenvalue weighted by Gasteiger charge is 2.09. The first kappa shape index (κ1) is 13.2. The molecule has 0 bridgehead atoms. The van der Waals surface area contributed by atoms with E-state index in [1.807, 2.05) is 0 Å². The van der Waals surface area contributed by atoms with Gasteiger partial charge in [-0.05, 0) is 19.1 Å². The van der Waals surface area contributed by atoms with E-state index in [-0.39, 0.29) is 5.88 Å². The molecule has 0 amide bonds. The van der Waals surface area contributed by atoms with Crippen molar-refractivity contribution >= 4 is 27.5 Å². The van der Waals surface area contributed by atoms with E-state index in [0.717, 1.165) is 0 Å². The van der Waals surface area contributed by atoms with Gasteiger partial charge >= 0.3 is 0 Å². The van der Waals surface area contributed by atoms with Crippen molar-refractivity contribution in [2.45, 2.75) is 12.8 Å². The molecule has 0 radical (unpaired) electrons. The molecule has 0 N–H and O–H groups in total. The summed E-state index contributed by atoms with van der Waals surface area (Å²) in [6.07, 6.45) is 1.60. The van der Waals surface area contributed by atoms with Crippen molar-refractivity contribution in [2.24, 2.45) is 0 Å². The molecule has 2 aromatic rings. The van der Waals surface area contributed by atoms with Crippen molar-refractivity contribution < 1.29 is 9.13 Å². The van der Waals surface area contributed by atoms with Crippen LogP contribution in [0.4, 0.5) is 4.39 Å². The predicted octanol–water partition coefficient (Wildman–Crippen LogP) is 4.22. The Morgan fingerprint density at radius 3 is 2.83 bits per heavy atom. The van der Waals surface area contributed by atoms with Gasteiger partial charge in [0.25, 0.3) is 0 Å². The molecule has 1 aromatic heterocycles. The normalized spacial score (nSPS) is 10.4. The van der Waals surface area contributed by atoms with E-state index in [0.29, 0.717) is 27.5 Å². The van der Waals surface area contributed by atoms with Crippen LogP contribution in [0, 0.1) is 12.7 Å². The van der Waals surface area contributed by atoms with Gasteiger partial charge in [0.05, 0.1) is 5.88 Å². The van der Waals surface area contributed by atoms with E-state index in [1.165, 1.54) is 12.1 Å². The maximum Gasteiger partial charge on any atom is 0.226 e. The van der Waals surface area contributed by atoms with Crippen molar-refractivity contribution in [3.05, 3.63) is 46.1 Å². The molecule has 0 aliphatic carbocycles. The van der Waals surface area contributed by atoms with Gasteiger partial charge in [0.1, 0.15) is 17.4 Å². The van der Waals surface area contributed by atoms with Crippen LogP contribution in [0.1, 0.15) is 11.4 Å². The van der Waals surface area contributed by atoms with E-state index < -0.39 is 5.82 Å². The van der Waals surface area contributed by atoms with E-state index in [1.54, 1.807) is 19.2 Å². The second-order valence-corrected chi connectivity index (χ2v) is 4.77. The van der Waals surface area contributed by atoms with Crippen molar-refractivity contribution in [3.8, 4) is 11.6 Å². The molecule has 0 spiro atoms. The Labute approximate surface area is 117 Å². The van der Waals surface area contributed by atoms with Crippen LogP contribution in [0.5, 0.6) is 11.6 Å². The van der Waals surface area contributed by atoms with Crippen molar-refractivity contribution in [1.82, 2.24) is 9.97 Å². The smallest absolute Gasteiger partial charge is 0.226 e. The Hall–Kier alpha value is -1.20. The predicted molar refractivity (Wildman–Crippen MR) is 70.5 cm³/mol. The summed E-state index contributed by atoms with van der Waals surface area (Å²) in [5, 5.41) is 0. The molecule has 6 heteroatoms. The third-order valence-electron chi connectivity index (χ3n) is 2.14. The molecule has 2 rings (SSSR count). The monoisotopic (exact) mass is 330 g/mol. The molecule has 0 fully saturated rings. The lowest BCUT2D eigenvalue weighted by Crippen LogP contribution is -1.97. The average molecular weight is 332 g/mol. The molecule has 18 heavy (non-hydrogen) atoms. The highest BCUT2D eigenvalue weighted by molar-refractivity contribution is 9.10. The van der Waals surface area contributed by atoms with Gasteiger partial charge in [-0.1, -0.05) is 15.9 Å². The van der Waals surface area contributed by atoms with Gasteiger partial charge in [0.15, 0.2) is 0 Å². The Balaban J connectivity index is 2.35. The van der Waals surface area contributed by atoms with Gasteiger partial charge in [-0.15, -0.1) is 11.6 Å². The lowest BCUT2D eigenvalue weighted by atomic mass is 10.3. The van der Waals surface area contributed by atoms with Gasteiger partial charge < -0.3 is 4.74 Å². The molecule has 0 unspecified atom stereocenters. The topological polar surface area (TPSA) is 35.0 Å². The molecule has 0 aliphatic heterocycles. The minimum Gasteiger partial charge on any atom is -0.438 e. The summed E-state index contributed by atoms with van der Waals surface area (Å²) in [5.41, 5.74) is 0.655. The van der Waals surface area contributed by atoms with Crippen LogP contribution in [-0.4, -0.2) is 9.97 Å². The van der Waals surface area contributed by atoms with Gasteiger partial charge in [-0.2, -0.15) is 4.98 Å². The number of halogens is 3. The summed E-state index contributed by atoms with van der Waals surface area (Å²) in [6.45, 7) is 1.74. The zero-order valence-electron chi connectivity index (χ0n) is 9.45. The third kappa shape index (κ3) is 3.17. The lowest BCUT2D eigenvalue weighted by molar-refractivity contribution is 0.450. The first-order valence-electron chi connectivity index (χ1n) is 5.11. The van der Waals surface area contributed by atoms with Crippen LogP contribution in [0.2, 0.25) is 0 Å². The van der Waals surface area contributed by atoms with Crippen molar-refractivity contribution in [3.63, 3.8) is 0 Å². The number of benzene rings is 1. The number of aryl methyl sites for hydroxylation is 1. The Morgan fingerprint density at radius 2 is 2.17 bits per heavy atom. The van der Waals surface area contributed by atoms with Crippen LogP contribution in [0.25, 0.3) is 0 Å². The second kappa shape index (κ2) is 5.63. The molecule has 0 atom stereocenters. The molecule has 0 saturated heterocycles. The van der Waals surface area contributed by atoms with Crippen LogP contribution in [0.3, 0.4) is 0 Å². The Morgan fingerprint density at radius 1 is 1.39 bits per heavy atom. The van der Waals surface area contributed by atoms with E-state index >= 15 is 0 Å². The summed E-state index contributed by atoms with van der Waals surface area (Å²) >= 11 is 8.97. The van der Waals surface area contributed by atoms with Gasteiger partial charge in [0, 0.05) is 22.3 Å². The average Bonchev–Trinajstić information content (AvgIpc) is 2.27. The fourth-order valence-corrected chi connectivity index (χ4v) is 1.98. The van der Waals surface area contributed by atoms with E-state index in [9.17, 15) is 4.39 Å². The van der Waals surface area contributed by atoms with Gasteiger partial charge in [-0.25, -0.2) is 9.37 Å². The summed E-state index contributed by atoms with van der Waals surface area (Å²) in [6, 6.07) is 4.28. The zero-order valence-corrected chi connectivity index (χ0v) is 11.8. The van der Waals surface area contributed by atoms with Crippen LogP contribution in [0.15, 0.2) is 28.9 Å². The standard InChI is InChI=1S/C12H9BrClFN2O/c1-7-16-6-8(5-14)12(17-7)18-11-3-9(13)2-10(15)4-11/h2-4,6H,5H2,1H3. The highest BCUT2D eigenvalue weighted by Crippen LogP contribution is 2.27. The summed E-state index contributed by atoms with van der Waals surface area (Å²) in [7, 11) is 0. The fraction of sp³-hybridized carbons (Fsp3) is 0.167. The van der Waals surface area contributed by atoms with E-state index in [4.69, 9.17) is 16.3 Å². The molecule has 0 aliphatic rings. The largest absolute Gasteiger partial charge is 0.438 e. The Kier molecular flexibility index (Phi) is 4.14. The van der Waals surface area contributed by atoms with Crippen LogP contribution in [-0.2, 0) is 5.88 Å². The van der Waals surface area contributed by atoms with Crippen LogP contribution >= 0.6 is 27.5 Å². The van der Waals surface area contributed by atoms with E-state index in [2.05, 4.69) is 25.9 Å². The number of hydrogen-bond acceptors (Lipinski definition) is 3. The summed E-state index contributed by atoms with van der Waals surface area (Å²) in [4.78, 5) is 8.17. The summed E-state index contributed by atoms with van der Waals surface area (Å²) in [5.74, 6) is 1.10. The molecule has 94 valence electrons. The highest BCUT2D eigenvalue weighted by atomic mass is 79.9. The molecule has 0 saturated carbocycles. The molecule has 3 nitrogen and oxygen atoms in total. The third-order valence-corrected chi connectivity index (χ3v) is 2.89. The Bertz CT molecular complexity index is 560. The molecular formula is C12H9BrClFN2O. The number of hydrogen-bond donors (Lipinski definition) is 0. The second-order valence-electron chi connectivity index (χ2n) is 3.59. The fourth-order valence-electron chi connectivity index (χ4n) is 1.35. The number of ether oxygens (including phenoxy) is 1. The zero-order chi connectivity index (χ0) is 13.1. The molecule has 1 aromatic carbocycles. The minimum absolute atomic E-state index is 0.228. The van der Waals surface area contributed by atoms with Crippen LogP contribution < -0.4 is 4.74 Å². The lowest BCUT2D eigenvalue weighted by Gasteiger charge is -2.09. The van der Waals surface area contributed by atoms with Gasteiger partial charge in [0.2, 0.25) is 5.88 Å². The maximum atomic E-state index is 13.2. The van der Waals surface area contributed by atoms with Crippen molar-refractivity contribution in [2.75, 3.05) is 0 Å². The first-order chi connectivity index (χ1) is 8.58. The number of nitrogens with zero attached hydrogens (tertiary/aromatic N) is 2. The maximum absolute atomic E-state index is 13.2. The number of alkyl halides is 1. The minimum atomic E-state index is -0.391. The quantitative estimate of drug-likeness (QED) is 0.790. The van der Waals surface area contributed by atoms with Gasteiger partial charge in [-0.3, -0.25) is 0 Å². The molecule has 1 heterocycles. The summed E-state index contributed by atoms with van der Waals surface area (Å²) < 4.78 is 19.4. The van der Waals surface area contributed by atoms with Crippen molar-refractivity contribution in [1.29, 1.82) is 0 Å². The molecular weight excluding hydrogens is 322 g/mol. The number of rotatable bonds is 3.